The van der Waals surface area contributed by atoms with Gasteiger partial charge in [-0.25, -0.2) is 0 Å². The monoisotopic (exact) mass is 231 g/mol. The third-order valence-electron chi connectivity index (χ3n) is 2.32. The normalized spacial score (nSPS) is 10.7. The highest BCUT2D eigenvalue weighted by atomic mass is 16.6. The topological polar surface area (TPSA) is 41.8 Å². The Hall–Kier alpha value is -1.95. The summed E-state index contributed by atoms with van der Waals surface area (Å²) < 4.78 is 0. The zero-order chi connectivity index (χ0) is 12.7. The van der Waals surface area contributed by atoms with Gasteiger partial charge in [-0.05, 0) is 23.6 Å². The van der Waals surface area contributed by atoms with Crippen molar-refractivity contribution in [3.63, 3.8) is 0 Å². The average Bonchev–Trinajstić information content (AvgIpc) is 2.30. The fraction of sp³-hybridized carbons (Fsp3) is 0.357. The van der Waals surface area contributed by atoms with Crippen molar-refractivity contribution in [2.75, 3.05) is 6.61 Å². The summed E-state index contributed by atoms with van der Waals surface area (Å²) in [6, 6.07) is 5.46. The molecule has 0 aromatic heterocycles. The Morgan fingerprint density at radius 1 is 1.53 bits per heavy atom. The lowest BCUT2D eigenvalue weighted by atomic mass is 10.0. The van der Waals surface area contributed by atoms with Gasteiger partial charge in [0.15, 0.2) is 0 Å². The first-order valence-electron chi connectivity index (χ1n) is 5.57. The number of benzene rings is 1. The van der Waals surface area contributed by atoms with E-state index in [4.69, 9.17) is 11.3 Å². The van der Waals surface area contributed by atoms with Gasteiger partial charge in [-0.15, -0.1) is 12.3 Å². The molecule has 0 aliphatic heterocycles. The lowest BCUT2D eigenvalue weighted by Gasteiger charge is -2.07. The number of phenols is 1. The highest BCUT2D eigenvalue weighted by Crippen LogP contribution is 2.21. The first-order chi connectivity index (χ1) is 8.15. The van der Waals surface area contributed by atoms with E-state index < -0.39 is 0 Å². The SMILES string of the molecule is C#CCCO/N=C/c1cc(C(C)C)ccc1O. The first-order valence-corrected chi connectivity index (χ1v) is 5.57. The molecule has 0 saturated heterocycles. The molecule has 0 spiro atoms. The molecule has 1 N–H and O–H groups in total. The van der Waals surface area contributed by atoms with E-state index in [0.717, 1.165) is 5.56 Å². The predicted octanol–water partition coefficient (Wildman–Crippen LogP) is 2.89. The lowest BCUT2D eigenvalue weighted by molar-refractivity contribution is 0.152. The van der Waals surface area contributed by atoms with Gasteiger partial charge >= 0.3 is 0 Å². The molecule has 3 nitrogen and oxygen atoms in total. The summed E-state index contributed by atoms with van der Waals surface area (Å²) in [5.41, 5.74) is 1.80. The van der Waals surface area contributed by atoms with Crippen molar-refractivity contribution >= 4 is 6.21 Å². The quantitative estimate of drug-likeness (QED) is 0.366. The van der Waals surface area contributed by atoms with Gasteiger partial charge in [0.2, 0.25) is 0 Å². The van der Waals surface area contributed by atoms with Crippen molar-refractivity contribution < 1.29 is 9.94 Å². The summed E-state index contributed by atoms with van der Waals surface area (Å²) in [5.74, 6) is 3.05. The van der Waals surface area contributed by atoms with Gasteiger partial charge < -0.3 is 9.94 Å². The zero-order valence-corrected chi connectivity index (χ0v) is 10.2. The number of nitrogens with zero attached hydrogens (tertiary/aromatic N) is 1. The standard InChI is InChI=1S/C14H17NO2/c1-4-5-8-17-15-10-13-9-12(11(2)3)6-7-14(13)16/h1,6-7,9-11,16H,5,8H2,2-3H3/b15-10+. The van der Waals surface area contributed by atoms with Crippen LogP contribution in [0.15, 0.2) is 23.4 Å². The van der Waals surface area contributed by atoms with Crippen molar-refractivity contribution in [3.8, 4) is 18.1 Å². The fourth-order valence-corrected chi connectivity index (χ4v) is 1.29. The Bertz CT molecular complexity index is 430. The number of hydrogen-bond acceptors (Lipinski definition) is 3. The third-order valence-corrected chi connectivity index (χ3v) is 2.32. The molecule has 0 aliphatic rings. The van der Waals surface area contributed by atoms with E-state index in [1.54, 1.807) is 6.07 Å². The summed E-state index contributed by atoms with van der Waals surface area (Å²) in [4.78, 5) is 4.95. The summed E-state index contributed by atoms with van der Waals surface area (Å²) in [6.07, 6.45) is 7.10. The smallest absolute Gasteiger partial charge is 0.128 e. The van der Waals surface area contributed by atoms with E-state index in [0.29, 0.717) is 24.5 Å². The maximum Gasteiger partial charge on any atom is 0.128 e. The molecule has 0 unspecified atom stereocenters. The maximum atomic E-state index is 9.64. The molecule has 0 saturated carbocycles. The summed E-state index contributed by atoms with van der Waals surface area (Å²) in [6.45, 7) is 4.57. The molecule has 1 aromatic carbocycles. The molecule has 0 heterocycles. The van der Waals surface area contributed by atoms with Crippen LogP contribution >= 0.6 is 0 Å². The van der Waals surface area contributed by atoms with E-state index in [1.165, 1.54) is 6.21 Å². The van der Waals surface area contributed by atoms with Crippen molar-refractivity contribution in [1.29, 1.82) is 0 Å². The zero-order valence-electron chi connectivity index (χ0n) is 10.2. The van der Waals surface area contributed by atoms with Crippen LogP contribution in [0.4, 0.5) is 0 Å². The fourth-order valence-electron chi connectivity index (χ4n) is 1.29. The van der Waals surface area contributed by atoms with Crippen LogP contribution in [-0.4, -0.2) is 17.9 Å². The van der Waals surface area contributed by atoms with Crippen LogP contribution in [0.5, 0.6) is 5.75 Å². The molecule has 1 aromatic rings. The second-order valence-corrected chi connectivity index (χ2v) is 3.99. The lowest BCUT2D eigenvalue weighted by Crippen LogP contribution is -1.92. The van der Waals surface area contributed by atoms with Gasteiger partial charge in [0, 0.05) is 12.0 Å². The molecule has 0 atom stereocenters. The van der Waals surface area contributed by atoms with E-state index in [9.17, 15) is 5.11 Å². The largest absolute Gasteiger partial charge is 0.507 e. The molecule has 0 bridgehead atoms. The Morgan fingerprint density at radius 2 is 2.29 bits per heavy atom. The van der Waals surface area contributed by atoms with Gasteiger partial charge in [-0.2, -0.15) is 0 Å². The summed E-state index contributed by atoms with van der Waals surface area (Å²) >= 11 is 0. The van der Waals surface area contributed by atoms with Gasteiger partial charge in [0.05, 0.1) is 6.21 Å². The molecule has 17 heavy (non-hydrogen) atoms. The molecule has 0 fully saturated rings. The number of rotatable bonds is 5. The molecular formula is C14H17NO2. The third kappa shape index (κ3) is 4.20. The Labute approximate surface area is 102 Å². The molecule has 90 valence electrons. The highest BCUT2D eigenvalue weighted by Gasteiger charge is 2.03. The van der Waals surface area contributed by atoms with Crippen LogP contribution in [0.25, 0.3) is 0 Å². The summed E-state index contributed by atoms with van der Waals surface area (Å²) in [7, 11) is 0. The molecule has 0 amide bonds. The van der Waals surface area contributed by atoms with E-state index in [-0.39, 0.29) is 5.75 Å². The molecule has 1 rings (SSSR count). The van der Waals surface area contributed by atoms with Gasteiger partial charge in [0.1, 0.15) is 12.4 Å². The second kappa shape index (κ2) is 6.59. The van der Waals surface area contributed by atoms with E-state index >= 15 is 0 Å². The van der Waals surface area contributed by atoms with Crippen LogP contribution < -0.4 is 0 Å². The molecular weight excluding hydrogens is 214 g/mol. The van der Waals surface area contributed by atoms with Crippen molar-refractivity contribution in [2.24, 2.45) is 5.16 Å². The van der Waals surface area contributed by atoms with Crippen LogP contribution in [0, 0.1) is 12.3 Å². The number of hydrogen-bond donors (Lipinski definition) is 1. The average molecular weight is 231 g/mol. The maximum absolute atomic E-state index is 9.64. The van der Waals surface area contributed by atoms with E-state index in [1.807, 2.05) is 12.1 Å². The Morgan fingerprint density at radius 3 is 2.94 bits per heavy atom. The van der Waals surface area contributed by atoms with Crippen LogP contribution in [0.3, 0.4) is 0 Å². The van der Waals surface area contributed by atoms with Crippen molar-refractivity contribution in [2.45, 2.75) is 26.2 Å². The number of aromatic hydroxyl groups is 1. The number of phenolic OH excluding ortho intramolecular Hbond substituents is 1. The molecule has 0 aliphatic carbocycles. The predicted molar refractivity (Wildman–Crippen MR) is 69.2 cm³/mol. The minimum absolute atomic E-state index is 0.193. The minimum Gasteiger partial charge on any atom is -0.507 e. The van der Waals surface area contributed by atoms with Gasteiger partial charge in [0.25, 0.3) is 0 Å². The van der Waals surface area contributed by atoms with E-state index in [2.05, 4.69) is 24.9 Å². The molecule has 0 radical (unpaired) electrons. The minimum atomic E-state index is 0.193. The number of oxime groups is 1. The first kappa shape index (κ1) is 13.1. The van der Waals surface area contributed by atoms with Gasteiger partial charge in [-0.1, -0.05) is 25.1 Å². The van der Waals surface area contributed by atoms with Crippen LogP contribution in [0.1, 0.15) is 37.3 Å². The number of terminal acetylenes is 1. The summed E-state index contributed by atoms with van der Waals surface area (Å²) in [5, 5.41) is 13.4. The van der Waals surface area contributed by atoms with Crippen LogP contribution in [-0.2, 0) is 4.84 Å². The van der Waals surface area contributed by atoms with Crippen molar-refractivity contribution in [1.82, 2.24) is 0 Å². The Kier molecular flexibility index (Phi) is 5.09. The van der Waals surface area contributed by atoms with Crippen LogP contribution in [0.2, 0.25) is 0 Å². The second-order valence-electron chi connectivity index (χ2n) is 3.99. The Balaban J connectivity index is 2.69. The van der Waals surface area contributed by atoms with Gasteiger partial charge in [-0.3, -0.25) is 0 Å². The molecule has 3 heteroatoms. The van der Waals surface area contributed by atoms with Crippen molar-refractivity contribution in [3.05, 3.63) is 29.3 Å². The highest BCUT2D eigenvalue weighted by molar-refractivity contribution is 5.83.